The van der Waals surface area contributed by atoms with Crippen LogP contribution in [0, 0.1) is 0 Å². The lowest BCUT2D eigenvalue weighted by Crippen LogP contribution is -2.29. The van der Waals surface area contributed by atoms with Crippen molar-refractivity contribution in [3.05, 3.63) is 86.9 Å². The van der Waals surface area contributed by atoms with Gasteiger partial charge in [-0.3, -0.25) is 9.59 Å². The number of halogens is 2. The zero-order valence-corrected chi connectivity index (χ0v) is 22.6. The Balaban J connectivity index is 1.88. The van der Waals surface area contributed by atoms with Crippen LogP contribution in [0.25, 0.3) is 5.76 Å². The summed E-state index contributed by atoms with van der Waals surface area (Å²) in [6, 6.07) is 14.1. The van der Waals surface area contributed by atoms with Crippen LogP contribution in [0.2, 0.25) is 10.0 Å². The Hall–Kier alpha value is -3.88. The maximum absolute atomic E-state index is 13.4. The summed E-state index contributed by atoms with van der Waals surface area (Å²) in [5.74, 6) is -0.299. The fourth-order valence-electron chi connectivity index (χ4n) is 4.42. The number of amides is 1. The third-order valence-electron chi connectivity index (χ3n) is 6.23. The van der Waals surface area contributed by atoms with E-state index in [0.717, 1.165) is 0 Å². The molecule has 1 fully saturated rings. The van der Waals surface area contributed by atoms with E-state index in [1.807, 2.05) is 0 Å². The van der Waals surface area contributed by atoms with Crippen LogP contribution in [0.1, 0.15) is 22.7 Å². The minimum atomic E-state index is -0.933. The number of hydrogen-bond acceptors (Lipinski definition) is 7. The van der Waals surface area contributed by atoms with E-state index in [2.05, 4.69) is 0 Å². The topological polar surface area (TPSA) is 94.5 Å². The van der Waals surface area contributed by atoms with Crippen molar-refractivity contribution in [1.82, 2.24) is 4.90 Å². The quantitative estimate of drug-likeness (QED) is 0.217. The fourth-order valence-corrected chi connectivity index (χ4v) is 5.07. The smallest absolute Gasteiger partial charge is 0.295 e. The van der Waals surface area contributed by atoms with E-state index in [9.17, 15) is 14.7 Å². The molecule has 3 aromatic carbocycles. The van der Waals surface area contributed by atoms with Crippen LogP contribution in [0.15, 0.2) is 60.2 Å². The van der Waals surface area contributed by atoms with Gasteiger partial charge in [0.25, 0.3) is 11.7 Å². The first-order valence-corrected chi connectivity index (χ1v) is 12.2. The maximum Gasteiger partial charge on any atom is 0.295 e. The lowest BCUT2D eigenvalue weighted by atomic mass is 9.95. The molecule has 8 nitrogen and oxygen atoms in total. The van der Waals surface area contributed by atoms with Crippen LogP contribution < -0.4 is 18.9 Å². The molecule has 1 saturated heterocycles. The predicted octanol–water partition coefficient (Wildman–Crippen LogP) is 5.65. The van der Waals surface area contributed by atoms with Gasteiger partial charge in [-0.15, -0.1) is 0 Å². The van der Waals surface area contributed by atoms with Gasteiger partial charge in [-0.25, -0.2) is 0 Å². The largest absolute Gasteiger partial charge is 0.507 e. The number of nitrogens with zero attached hydrogens (tertiary/aromatic N) is 1. The van der Waals surface area contributed by atoms with Crippen molar-refractivity contribution < 1.29 is 33.6 Å². The number of carbonyl (C=O) groups is 2. The van der Waals surface area contributed by atoms with E-state index in [-0.39, 0.29) is 33.5 Å². The van der Waals surface area contributed by atoms with Crippen molar-refractivity contribution >= 4 is 40.7 Å². The number of methoxy groups -OCH3 is 4. The minimum Gasteiger partial charge on any atom is -0.507 e. The van der Waals surface area contributed by atoms with Gasteiger partial charge in [0.15, 0.2) is 17.2 Å². The number of ether oxygens (including phenoxy) is 4. The first kappa shape index (κ1) is 27.2. The van der Waals surface area contributed by atoms with Crippen LogP contribution in [0.3, 0.4) is 0 Å². The molecule has 1 amide bonds. The summed E-state index contributed by atoms with van der Waals surface area (Å²) in [4.78, 5) is 28.2. The Bertz CT molecular complexity index is 1410. The third kappa shape index (κ3) is 4.97. The van der Waals surface area contributed by atoms with Crippen molar-refractivity contribution in [2.75, 3.05) is 28.4 Å². The summed E-state index contributed by atoms with van der Waals surface area (Å²) in [5.41, 5.74) is 1.31. The summed E-state index contributed by atoms with van der Waals surface area (Å²) in [7, 11) is 5.96. The second kappa shape index (κ2) is 11.2. The highest BCUT2D eigenvalue weighted by atomic mass is 35.5. The Labute approximate surface area is 229 Å². The van der Waals surface area contributed by atoms with E-state index >= 15 is 0 Å². The molecule has 1 N–H and O–H groups in total. The Morgan fingerprint density at radius 2 is 1.55 bits per heavy atom. The maximum atomic E-state index is 13.4. The van der Waals surface area contributed by atoms with E-state index in [4.69, 9.17) is 42.1 Å². The van der Waals surface area contributed by atoms with Crippen molar-refractivity contribution in [3.8, 4) is 23.0 Å². The molecule has 1 aliphatic rings. The number of benzene rings is 3. The van der Waals surface area contributed by atoms with Gasteiger partial charge in [0.2, 0.25) is 0 Å². The normalized spacial score (nSPS) is 16.5. The highest BCUT2D eigenvalue weighted by Crippen LogP contribution is 2.43. The first-order chi connectivity index (χ1) is 18.2. The van der Waals surface area contributed by atoms with Crippen molar-refractivity contribution in [2.45, 2.75) is 12.6 Å². The van der Waals surface area contributed by atoms with Crippen molar-refractivity contribution in [3.63, 3.8) is 0 Å². The Kier molecular flexibility index (Phi) is 8.04. The molecule has 10 heteroatoms. The summed E-state index contributed by atoms with van der Waals surface area (Å²) in [5, 5.41) is 11.6. The lowest BCUT2D eigenvalue weighted by molar-refractivity contribution is -0.140. The van der Waals surface area contributed by atoms with Crippen molar-refractivity contribution in [2.24, 2.45) is 0 Å². The standard InChI is InChI=1S/C28H25Cl2NO7/c1-35-18-7-5-6-16(11-18)24-23(25(32)17-12-19(29)27(38-4)20(30)13-17)26(33)28(34)31(24)14-15-8-9-21(36-2)22(10-15)37-3/h5-13,24,32H,14H2,1-4H3/b25-23+. The number of likely N-dealkylation sites (tertiary alicyclic amines) is 1. The average molecular weight is 558 g/mol. The summed E-state index contributed by atoms with van der Waals surface area (Å²) < 4.78 is 21.3. The number of rotatable bonds is 8. The zero-order valence-electron chi connectivity index (χ0n) is 21.1. The predicted molar refractivity (Wildman–Crippen MR) is 143 cm³/mol. The van der Waals surface area contributed by atoms with Gasteiger partial charge in [0, 0.05) is 12.1 Å². The van der Waals surface area contributed by atoms with Gasteiger partial charge in [-0.2, -0.15) is 0 Å². The molecule has 0 bridgehead atoms. The molecule has 0 aromatic heterocycles. The summed E-state index contributed by atoms with van der Waals surface area (Å²) in [6.07, 6.45) is 0. The molecule has 1 atom stereocenters. The van der Waals surface area contributed by atoms with Crippen LogP contribution in [-0.2, 0) is 16.1 Å². The van der Waals surface area contributed by atoms with Gasteiger partial charge in [0.05, 0.1) is 50.1 Å². The molecule has 3 aromatic rings. The highest BCUT2D eigenvalue weighted by molar-refractivity contribution is 6.46. The molecule has 1 heterocycles. The van der Waals surface area contributed by atoms with E-state index in [1.54, 1.807) is 42.5 Å². The molecule has 0 saturated carbocycles. The third-order valence-corrected chi connectivity index (χ3v) is 6.79. The monoisotopic (exact) mass is 557 g/mol. The summed E-state index contributed by atoms with van der Waals surface area (Å²) >= 11 is 12.6. The highest BCUT2D eigenvalue weighted by Gasteiger charge is 2.46. The molecule has 38 heavy (non-hydrogen) atoms. The van der Waals surface area contributed by atoms with Gasteiger partial charge >= 0.3 is 0 Å². The number of ketones is 1. The molecule has 1 aliphatic heterocycles. The number of aliphatic hydroxyl groups excluding tert-OH is 1. The van der Waals surface area contributed by atoms with Crippen LogP contribution >= 0.6 is 23.2 Å². The van der Waals surface area contributed by atoms with Crippen LogP contribution in [-0.4, -0.2) is 50.1 Å². The Morgan fingerprint density at radius 3 is 2.16 bits per heavy atom. The lowest BCUT2D eigenvalue weighted by Gasteiger charge is -2.26. The molecule has 0 spiro atoms. The number of aliphatic hydroxyl groups is 1. The fraction of sp³-hybridized carbons (Fsp3) is 0.214. The molecule has 0 aliphatic carbocycles. The van der Waals surface area contributed by atoms with Gasteiger partial charge in [-0.1, -0.05) is 41.4 Å². The van der Waals surface area contributed by atoms with E-state index in [0.29, 0.717) is 28.4 Å². The molecule has 4 rings (SSSR count). The van der Waals surface area contributed by atoms with Crippen LogP contribution in [0.5, 0.6) is 23.0 Å². The molecule has 1 unspecified atom stereocenters. The molecular formula is C28H25Cl2NO7. The van der Waals surface area contributed by atoms with Gasteiger partial charge in [0.1, 0.15) is 11.5 Å². The number of carbonyl (C=O) groups excluding carboxylic acids is 2. The van der Waals surface area contributed by atoms with Gasteiger partial charge < -0.3 is 29.0 Å². The Morgan fingerprint density at radius 1 is 0.868 bits per heavy atom. The average Bonchev–Trinajstić information content (AvgIpc) is 3.17. The first-order valence-electron chi connectivity index (χ1n) is 11.4. The van der Waals surface area contributed by atoms with E-state index < -0.39 is 23.5 Å². The van der Waals surface area contributed by atoms with Crippen LogP contribution in [0.4, 0.5) is 0 Å². The molecular weight excluding hydrogens is 533 g/mol. The van der Waals surface area contributed by atoms with Crippen molar-refractivity contribution in [1.29, 1.82) is 0 Å². The van der Waals surface area contributed by atoms with Gasteiger partial charge in [-0.05, 0) is 47.5 Å². The second-order valence-corrected chi connectivity index (χ2v) is 9.18. The SMILES string of the molecule is COc1cccc(C2/C(=C(\O)c3cc(Cl)c(OC)c(Cl)c3)C(=O)C(=O)N2Cc2ccc(OC)c(OC)c2)c1. The molecule has 0 radical (unpaired) electrons. The number of Topliss-reactive ketones (excluding diaryl/α,β-unsaturated/α-hetero) is 1. The summed E-state index contributed by atoms with van der Waals surface area (Å²) in [6.45, 7) is 0.0493. The number of hydrogen-bond donors (Lipinski definition) is 1. The van der Waals surface area contributed by atoms with E-state index in [1.165, 1.54) is 45.5 Å². The molecule has 198 valence electrons. The minimum absolute atomic E-state index is 0.0493. The zero-order chi connectivity index (χ0) is 27.6. The second-order valence-electron chi connectivity index (χ2n) is 8.37.